The van der Waals surface area contributed by atoms with Gasteiger partial charge in [0.1, 0.15) is 11.2 Å². The van der Waals surface area contributed by atoms with Crippen LogP contribution < -0.4 is 4.74 Å². The fourth-order valence-electron chi connectivity index (χ4n) is 1.06. The second-order valence-corrected chi connectivity index (χ2v) is 4.12. The van der Waals surface area contributed by atoms with E-state index in [-0.39, 0.29) is 0 Å². The Labute approximate surface area is 80.5 Å². The molecule has 0 radical (unpaired) electrons. The summed E-state index contributed by atoms with van der Waals surface area (Å²) in [5.74, 6) is 0.714. The molecule has 2 unspecified atom stereocenters. The van der Waals surface area contributed by atoms with E-state index in [1.807, 2.05) is 13.0 Å². The van der Waals surface area contributed by atoms with Crippen molar-refractivity contribution in [3.8, 4) is 5.75 Å². The molecule has 0 amide bonds. The quantitative estimate of drug-likeness (QED) is 0.681. The van der Waals surface area contributed by atoms with Crippen molar-refractivity contribution < 1.29 is 9.13 Å². The van der Waals surface area contributed by atoms with Gasteiger partial charge in [0, 0.05) is 0 Å². The van der Waals surface area contributed by atoms with Gasteiger partial charge in [0.2, 0.25) is 0 Å². The van der Waals surface area contributed by atoms with Crippen LogP contribution in [0.15, 0.2) is 24.3 Å². The normalized spacial score (nSPS) is 15.1. The van der Waals surface area contributed by atoms with Crippen LogP contribution in [0.3, 0.4) is 0 Å². The summed E-state index contributed by atoms with van der Waals surface area (Å²) in [5.41, 5.74) is 0.614. The Balaban J connectivity index is 2.92. The smallest absolute Gasteiger partial charge is 0.145 e. The fourth-order valence-corrected chi connectivity index (χ4v) is 1.24. The lowest BCUT2D eigenvalue weighted by Gasteiger charge is -2.15. The van der Waals surface area contributed by atoms with Crippen LogP contribution in [0.4, 0.5) is 4.39 Å². The van der Waals surface area contributed by atoms with Crippen molar-refractivity contribution in [3.05, 3.63) is 29.8 Å². The zero-order chi connectivity index (χ0) is 9.90. The monoisotopic (exact) mass is 200 g/mol. The minimum absolute atomic E-state index is 0.601. The molecule has 0 bridgehead atoms. The third-order valence-corrected chi connectivity index (χ3v) is 2.04. The highest BCUT2D eigenvalue weighted by Crippen LogP contribution is 2.33. The number of ether oxygens (including phenoxy) is 1. The molecule has 0 aromatic heterocycles. The second kappa shape index (κ2) is 4.06. The zero-order valence-electron chi connectivity index (χ0n) is 7.88. The largest absolute Gasteiger partial charge is 0.494 e. The number of hydrogen-bond donors (Lipinski definition) is 0. The van der Waals surface area contributed by atoms with Gasteiger partial charge in [-0.3, -0.25) is 0 Å². The molecule has 72 valence electrons. The van der Waals surface area contributed by atoms with E-state index in [0.29, 0.717) is 17.9 Å². The first kappa shape index (κ1) is 10.5. The van der Waals surface area contributed by atoms with Crippen LogP contribution in [0.1, 0.15) is 19.4 Å². The van der Waals surface area contributed by atoms with Crippen LogP contribution in [0.25, 0.3) is 0 Å². The highest BCUT2D eigenvalue weighted by molar-refractivity contribution is 7.18. The molecule has 0 saturated heterocycles. The predicted octanol–water partition coefficient (Wildman–Crippen LogP) is 3.10. The first-order valence-corrected chi connectivity index (χ1v) is 4.83. The van der Waals surface area contributed by atoms with Crippen molar-refractivity contribution in [1.29, 1.82) is 0 Å². The minimum atomic E-state index is -1.38. The Kier molecular flexibility index (Phi) is 3.27. The molecule has 13 heavy (non-hydrogen) atoms. The Bertz CT molecular complexity index is 280. The van der Waals surface area contributed by atoms with E-state index in [1.165, 1.54) is 6.92 Å². The van der Waals surface area contributed by atoms with Crippen molar-refractivity contribution in [2.24, 2.45) is 0 Å². The first-order chi connectivity index (χ1) is 6.04. The molecule has 0 N–H and O–H groups in total. The molecular formula is C10H14FOP. The first-order valence-electron chi connectivity index (χ1n) is 4.25. The molecule has 1 rings (SSSR count). The molecule has 3 heteroatoms. The third kappa shape index (κ3) is 2.96. The highest BCUT2D eigenvalue weighted by atomic mass is 31.0. The molecule has 0 spiro atoms. The number of benzene rings is 1. The summed E-state index contributed by atoms with van der Waals surface area (Å²) < 4.78 is 18.7. The van der Waals surface area contributed by atoms with Crippen molar-refractivity contribution in [3.63, 3.8) is 0 Å². The maximum Gasteiger partial charge on any atom is 0.145 e. The maximum atomic E-state index is 13.4. The van der Waals surface area contributed by atoms with Crippen LogP contribution in [0, 0.1) is 0 Å². The Morgan fingerprint density at radius 3 is 2.77 bits per heavy atom. The third-order valence-electron chi connectivity index (χ3n) is 1.71. The molecule has 2 atom stereocenters. The zero-order valence-corrected chi connectivity index (χ0v) is 9.03. The van der Waals surface area contributed by atoms with E-state index in [2.05, 4.69) is 9.24 Å². The summed E-state index contributed by atoms with van der Waals surface area (Å²) in [5, 5.41) is -1.38. The van der Waals surface area contributed by atoms with E-state index in [9.17, 15) is 4.39 Å². The van der Waals surface area contributed by atoms with Gasteiger partial charge < -0.3 is 4.74 Å². The van der Waals surface area contributed by atoms with Crippen LogP contribution in [-0.4, -0.2) is 6.61 Å². The predicted molar refractivity (Wildman–Crippen MR) is 55.8 cm³/mol. The molecular weight excluding hydrogens is 186 g/mol. The molecule has 1 aromatic carbocycles. The average Bonchev–Trinajstić information content (AvgIpc) is 2.04. The highest BCUT2D eigenvalue weighted by Gasteiger charge is 2.18. The lowest BCUT2D eigenvalue weighted by molar-refractivity contribution is 0.316. The summed E-state index contributed by atoms with van der Waals surface area (Å²) in [7, 11) is 2.17. The van der Waals surface area contributed by atoms with Crippen LogP contribution in [-0.2, 0) is 5.41 Å². The Morgan fingerprint density at radius 2 is 2.23 bits per heavy atom. The Morgan fingerprint density at radius 1 is 1.54 bits per heavy atom. The van der Waals surface area contributed by atoms with E-state index in [4.69, 9.17) is 4.74 Å². The number of halogens is 1. The van der Waals surface area contributed by atoms with E-state index >= 15 is 0 Å². The number of alkyl halides is 1. The molecule has 0 aliphatic carbocycles. The van der Waals surface area contributed by atoms with Gasteiger partial charge in [-0.25, -0.2) is 4.39 Å². The van der Waals surface area contributed by atoms with Gasteiger partial charge >= 0.3 is 0 Å². The van der Waals surface area contributed by atoms with E-state index in [1.54, 1.807) is 18.2 Å². The fraction of sp³-hybridized carbons (Fsp3) is 0.400. The van der Waals surface area contributed by atoms with Crippen molar-refractivity contribution in [1.82, 2.24) is 0 Å². The average molecular weight is 200 g/mol. The molecule has 1 aromatic rings. The lowest BCUT2D eigenvalue weighted by Crippen LogP contribution is -2.04. The standard InChI is InChI=1S/C10H14FOP/c1-3-12-9-6-4-5-8(7-9)10(2,11)13/h4-7H,3,13H2,1-2H3. The van der Waals surface area contributed by atoms with Crippen LogP contribution >= 0.6 is 9.24 Å². The molecule has 1 nitrogen and oxygen atoms in total. The summed E-state index contributed by atoms with van der Waals surface area (Å²) in [4.78, 5) is 0. The van der Waals surface area contributed by atoms with Crippen molar-refractivity contribution >= 4 is 9.24 Å². The summed E-state index contributed by atoms with van der Waals surface area (Å²) in [6.45, 7) is 4.01. The van der Waals surface area contributed by atoms with Gasteiger partial charge in [0.05, 0.1) is 6.61 Å². The second-order valence-electron chi connectivity index (χ2n) is 3.04. The summed E-state index contributed by atoms with van der Waals surface area (Å²) in [6.07, 6.45) is 0. The van der Waals surface area contributed by atoms with Gasteiger partial charge in [-0.1, -0.05) is 21.4 Å². The van der Waals surface area contributed by atoms with Crippen LogP contribution in [0.5, 0.6) is 5.75 Å². The molecule has 0 heterocycles. The van der Waals surface area contributed by atoms with Crippen LogP contribution in [0.2, 0.25) is 0 Å². The molecule has 0 saturated carbocycles. The van der Waals surface area contributed by atoms with Gasteiger partial charge in [0.15, 0.2) is 0 Å². The van der Waals surface area contributed by atoms with E-state index < -0.39 is 5.41 Å². The molecule has 0 fully saturated rings. The molecule has 0 aliphatic heterocycles. The van der Waals surface area contributed by atoms with Gasteiger partial charge in [-0.15, -0.1) is 0 Å². The van der Waals surface area contributed by atoms with Gasteiger partial charge in [-0.05, 0) is 31.5 Å². The van der Waals surface area contributed by atoms with Gasteiger partial charge in [-0.2, -0.15) is 0 Å². The van der Waals surface area contributed by atoms with Crippen molar-refractivity contribution in [2.75, 3.05) is 6.61 Å². The minimum Gasteiger partial charge on any atom is -0.494 e. The summed E-state index contributed by atoms with van der Waals surface area (Å²) >= 11 is 0. The Hall–Kier alpha value is -0.620. The topological polar surface area (TPSA) is 9.23 Å². The number of hydrogen-bond acceptors (Lipinski definition) is 1. The summed E-state index contributed by atoms with van der Waals surface area (Å²) in [6, 6.07) is 7.08. The lowest BCUT2D eigenvalue weighted by atomic mass is 10.1. The van der Waals surface area contributed by atoms with Crippen molar-refractivity contribution in [2.45, 2.75) is 19.3 Å². The number of rotatable bonds is 3. The maximum absolute atomic E-state index is 13.4. The molecule has 0 aliphatic rings. The van der Waals surface area contributed by atoms with E-state index in [0.717, 1.165) is 0 Å². The van der Waals surface area contributed by atoms with Gasteiger partial charge in [0.25, 0.3) is 0 Å². The SMILES string of the molecule is CCOc1cccc(C(C)(F)P)c1.